The van der Waals surface area contributed by atoms with Crippen LogP contribution in [0.4, 0.5) is 5.82 Å². The molecule has 1 saturated carbocycles. The molecule has 6 nitrogen and oxygen atoms in total. The maximum Gasteiger partial charge on any atom is 0.220 e. The zero-order chi connectivity index (χ0) is 14.5. The Balaban J connectivity index is 1.95. The minimum absolute atomic E-state index is 0.0270. The summed E-state index contributed by atoms with van der Waals surface area (Å²) in [6.07, 6.45) is 3.55. The fourth-order valence-corrected chi connectivity index (χ4v) is 2.57. The quantitative estimate of drug-likeness (QED) is 0.854. The molecule has 1 heterocycles. The number of aryl methyl sites for hydroxylation is 1. The number of amides is 1. The lowest BCUT2D eigenvalue weighted by molar-refractivity contribution is -0.122. The van der Waals surface area contributed by atoms with Gasteiger partial charge in [-0.25, -0.2) is 4.98 Å². The number of ether oxygens (including phenoxy) is 1. The van der Waals surface area contributed by atoms with E-state index >= 15 is 0 Å². The summed E-state index contributed by atoms with van der Waals surface area (Å²) in [5.74, 6) is 1.90. The van der Waals surface area contributed by atoms with Crippen molar-refractivity contribution in [2.75, 3.05) is 11.9 Å². The first-order valence-electron chi connectivity index (χ1n) is 7.12. The highest BCUT2D eigenvalue weighted by Crippen LogP contribution is 2.26. The van der Waals surface area contributed by atoms with Crippen LogP contribution in [0.15, 0.2) is 6.07 Å². The molecule has 0 aromatic carbocycles. The molecule has 20 heavy (non-hydrogen) atoms. The first kappa shape index (κ1) is 14.6. The van der Waals surface area contributed by atoms with Crippen molar-refractivity contribution in [3.05, 3.63) is 11.9 Å². The minimum atomic E-state index is -0.181. The SMILES string of the molecule is CCOc1cc(NC2CCC(C(N)=O)CC2)nc(C)n1. The molecule has 110 valence electrons. The van der Waals surface area contributed by atoms with Crippen LogP contribution in [-0.4, -0.2) is 28.5 Å². The van der Waals surface area contributed by atoms with Crippen LogP contribution in [0.3, 0.4) is 0 Å². The van der Waals surface area contributed by atoms with Crippen LogP contribution < -0.4 is 15.8 Å². The summed E-state index contributed by atoms with van der Waals surface area (Å²) < 4.78 is 5.41. The standard InChI is InChI=1S/C14H22N4O2/c1-3-20-13-8-12(16-9(2)17-13)18-11-6-4-10(5-7-11)14(15)19/h8,10-11H,3-7H2,1-2H3,(H2,15,19)(H,16,17,18). The average Bonchev–Trinajstić information content (AvgIpc) is 2.39. The van der Waals surface area contributed by atoms with E-state index in [0.717, 1.165) is 31.5 Å². The Morgan fingerprint density at radius 3 is 2.70 bits per heavy atom. The summed E-state index contributed by atoms with van der Waals surface area (Å²) in [7, 11) is 0. The van der Waals surface area contributed by atoms with Gasteiger partial charge in [-0.2, -0.15) is 4.98 Å². The molecule has 1 aliphatic rings. The third-order valence-electron chi connectivity index (χ3n) is 3.59. The number of carbonyl (C=O) groups excluding carboxylic acids is 1. The smallest absolute Gasteiger partial charge is 0.220 e. The van der Waals surface area contributed by atoms with Gasteiger partial charge in [0.25, 0.3) is 0 Å². The van der Waals surface area contributed by atoms with Crippen LogP contribution in [0.2, 0.25) is 0 Å². The van der Waals surface area contributed by atoms with Gasteiger partial charge >= 0.3 is 0 Å². The zero-order valence-corrected chi connectivity index (χ0v) is 12.1. The monoisotopic (exact) mass is 278 g/mol. The van der Waals surface area contributed by atoms with Crippen molar-refractivity contribution in [2.24, 2.45) is 11.7 Å². The highest BCUT2D eigenvalue weighted by molar-refractivity contribution is 5.76. The number of nitrogens with zero attached hydrogens (tertiary/aromatic N) is 2. The molecule has 0 unspecified atom stereocenters. The number of primary amides is 1. The van der Waals surface area contributed by atoms with Gasteiger partial charge in [0.1, 0.15) is 11.6 Å². The van der Waals surface area contributed by atoms with Crippen LogP contribution in [-0.2, 0) is 4.79 Å². The van der Waals surface area contributed by atoms with E-state index in [0.29, 0.717) is 24.4 Å². The number of hydrogen-bond donors (Lipinski definition) is 2. The average molecular weight is 278 g/mol. The molecular formula is C14H22N4O2. The summed E-state index contributed by atoms with van der Waals surface area (Å²) in [5, 5.41) is 3.40. The number of anilines is 1. The van der Waals surface area contributed by atoms with Gasteiger partial charge in [0.15, 0.2) is 0 Å². The van der Waals surface area contributed by atoms with E-state index in [1.165, 1.54) is 0 Å². The molecule has 0 radical (unpaired) electrons. The number of hydrogen-bond acceptors (Lipinski definition) is 5. The fraction of sp³-hybridized carbons (Fsp3) is 0.643. The van der Waals surface area contributed by atoms with E-state index in [2.05, 4.69) is 15.3 Å². The largest absolute Gasteiger partial charge is 0.478 e. The molecule has 1 fully saturated rings. The molecule has 0 spiro atoms. The Bertz CT molecular complexity index is 470. The van der Waals surface area contributed by atoms with Crippen molar-refractivity contribution in [1.29, 1.82) is 0 Å². The van der Waals surface area contributed by atoms with E-state index in [9.17, 15) is 4.79 Å². The molecule has 2 rings (SSSR count). The third-order valence-corrected chi connectivity index (χ3v) is 3.59. The molecule has 6 heteroatoms. The van der Waals surface area contributed by atoms with Gasteiger partial charge in [-0.1, -0.05) is 0 Å². The molecule has 0 atom stereocenters. The van der Waals surface area contributed by atoms with Crippen LogP contribution in [0.1, 0.15) is 38.4 Å². The van der Waals surface area contributed by atoms with Crippen molar-refractivity contribution in [3.8, 4) is 5.88 Å². The molecule has 1 aromatic rings. The Labute approximate surface area is 119 Å². The molecule has 1 amide bonds. The van der Waals surface area contributed by atoms with Gasteiger partial charge in [0, 0.05) is 18.0 Å². The van der Waals surface area contributed by atoms with Crippen LogP contribution in [0, 0.1) is 12.8 Å². The third kappa shape index (κ3) is 3.82. The number of carbonyl (C=O) groups is 1. The Kier molecular flexibility index (Phi) is 4.76. The lowest BCUT2D eigenvalue weighted by Crippen LogP contribution is -2.32. The number of aromatic nitrogens is 2. The maximum atomic E-state index is 11.1. The van der Waals surface area contributed by atoms with Crippen LogP contribution >= 0.6 is 0 Å². The van der Waals surface area contributed by atoms with Crippen molar-refractivity contribution in [2.45, 2.75) is 45.6 Å². The van der Waals surface area contributed by atoms with Gasteiger partial charge in [0.2, 0.25) is 11.8 Å². The summed E-state index contributed by atoms with van der Waals surface area (Å²) in [5.41, 5.74) is 5.34. The Morgan fingerprint density at radius 2 is 2.10 bits per heavy atom. The zero-order valence-electron chi connectivity index (χ0n) is 12.1. The van der Waals surface area contributed by atoms with Gasteiger partial charge in [0.05, 0.1) is 6.61 Å². The number of nitrogens with two attached hydrogens (primary N) is 1. The van der Waals surface area contributed by atoms with E-state index < -0.39 is 0 Å². The number of nitrogens with one attached hydrogen (secondary N) is 1. The van der Waals surface area contributed by atoms with Gasteiger partial charge < -0.3 is 15.8 Å². The van der Waals surface area contributed by atoms with Crippen LogP contribution in [0.5, 0.6) is 5.88 Å². The fourth-order valence-electron chi connectivity index (χ4n) is 2.57. The van der Waals surface area contributed by atoms with E-state index in [1.54, 1.807) is 0 Å². The Morgan fingerprint density at radius 1 is 1.40 bits per heavy atom. The molecular weight excluding hydrogens is 256 g/mol. The van der Waals surface area contributed by atoms with Gasteiger partial charge in [-0.05, 0) is 39.5 Å². The second-order valence-electron chi connectivity index (χ2n) is 5.17. The van der Waals surface area contributed by atoms with E-state index in [-0.39, 0.29) is 11.8 Å². The van der Waals surface area contributed by atoms with Crippen molar-refractivity contribution < 1.29 is 9.53 Å². The summed E-state index contributed by atoms with van der Waals surface area (Å²) in [6.45, 7) is 4.35. The highest BCUT2D eigenvalue weighted by Gasteiger charge is 2.24. The van der Waals surface area contributed by atoms with E-state index in [4.69, 9.17) is 10.5 Å². The molecule has 1 aliphatic carbocycles. The first-order valence-corrected chi connectivity index (χ1v) is 7.12. The van der Waals surface area contributed by atoms with Gasteiger partial charge in [-0.3, -0.25) is 4.79 Å². The van der Waals surface area contributed by atoms with Crippen molar-refractivity contribution in [3.63, 3.8) is 0 Å². The summed E-state index contributed by atoms with van der Waals surface area (Å²) in [4.78, 5) is 19.7. The number of rotatable bonds is 5. The second-order valence-corrected chi connectivity index (χ2v) is 5.17. The molecule has 0 aliphatic heterocycles. The minimum Gasteiger partial charge on any atom is -0.478 e. The molecule has 1 aromatic heterocycles. The van der Waals surface area contributed by atoms with Crippen LogP contribution in [0.25, 0.3) is 0 Å². The predicted octanol–water partition coefficient (Wildman–Crippen LogP) is 1.64. The lowest BCUT2D eigenvalue weighted by atomic mass is 9.85. The maximum absolute atomic E-state index is 11.1. The topological polar surface area (TPSA) is 90.1 Å². The summed E-state index contributed by atoms with van der Waals surface area (Å²) in [6, 6.07) is 2.14. The highest BCUT2D eigenvalue weighted by atomic mass is 16.5. The summed E-state index contributed by atoms with van der Waals surface area (Å²) >= 11 is 0. The van der Waals surface area contributed by atoms with Gasteiger partial charge in [-0.15, -0.1) is 0 Å². The lowest BCUT2D eigenvalue weighted by Gasteiger charge is -2.27. The van der Waals surface area contributed by atoms with E-state index in [1.807, 2.05) is 19.9 Å². The molecule has 0 saturated heterocycles. The Hall–Kier alpha value is -1.85. The molecule has 3 N–H and O–H groups in total. The molecule has 0 bridgehead atoms. The normalized spacial score (nSPS) is 22.3. The second kappa shape index (κ2) is 6.54. The first-order chi connectivity index (χ1) is 9.58. The van der Waals surface area contributed by atoms with Crippen molar-refractivity contribution >= 4 is 11.7 Å². The van der Waals surface area contributed by atoms with Crippen molar-refractivity contribution in [1.82, 2.24) is 9.97 Å². The predicted molar refractivity (Wildman–Crippen MR) is 76.5 cm³/mol.